The van der Waals surface area contributed by atoms with Gasteiger partial charge >= 0.3 is 6.55 Å². The average Bonchev–Trinajstić information content (AvgIpc) is 3.09. The molecule has 2 aromatic heterocycles. The molecular formula is C21H15BrF4N4O. The first-order valence-electron chi connectivity index (χ1n) is 9.16. The Morgan fingerprint density at radius 1 is 1.13 bits per heavy atom. The lowest BCUT2D eigenvalue weighted by atomic mass is 9.79. The van der Waals surface area contributed by atoms with Crippen LogP contribution in [0.3, 0.4) is 0 Å². The summed E-state index contributed by atoms with van der Waals surface area (Å²) in [5, 5.41) is 3.24. The maximum atomic E-state index is 13.9. The molecule has 160 valence electrons. The van der Waals surface area contributed by atoms with Crippen LogP contribution >= 0.6 is 15.9 Å². The second-order valence-corrected chi connectivity index (χ2v) is 7.88. The first kappa shape index (κ1) is 21.2. The van der Waals surface area contributed by atoms with Gasteiger partial charge in [-0.25, -0.2) is 9.37 Å². The summed E-state index contributed by atoms with van der Waals surface area (Å²) in [6.07, 6.45) is 2.36. The predicted molar refractivity (Wildman–Crippen MR) is 110 cm³/mol. The number of nitrogens with zero attached hydrogens (tertiary/aromatic N) is 3. The molecule has 1 aliphatic heterocycles. The number of benzene rings is 1. The normalized spacial score (nSPS) is 20.6. The summed E-state index contributed by atoms with van der Waals surface area (Å²) >= 11 is 3.18. The molecule has 0 saturated carbocycles. The molecule has 2 atom stereocenters. The van der Waals surface area contributed by atoms with E-state index in [9.17, 15) is 22.4 Å². The second kappa shape index (κ2) is 7.92. The quantitative estimate of drug-likeness (QED) is 0.433. The monoisotopic (exact) mass is 494 g/mol. The summed E-state index contributed by atoms with van der Waals surface area (Å²) in [6.45, 7) is -1.23. The van der Waals surface area contributed by atoms with Crippen LogP contribution in [-0.4, -0.2) is 21.4 Å². The number of nitrogens with one attached hydrogen (secondary N) is 1. The SMILES string of the molecule is C[C@@H]1N=C(c2ccc(=O)n(C(F)F)c2)N[C@]1(c1ccc(F)nc1)c1ccc(F)c(Br)c1. The van der Waals surface area contributed by atoms with Gasteiger partial charge in [0.25, 0.3) is 5.56 Å². The van der Waals surface area contributed by atoms with Crippen LogP contribution in [0, 0.1) is 11.8 Å². The number of aromatic nitrogens is 2. The van der Waals surface area contributed by atoms with Crippen LogP contribution in [0.1, 0.15) is 30.2 Å². The first-order valence-corrected chi connectivity index (χ1v) is 9.96. The Labute approximate surface area is 182 Å². The highest BCUT2D eigenvalue weighted by molar-refractivity contribution is 9.10. The number of amidine groups is 1. The Morgan fingerprint density at radius 2 is 1.87 bits per heavy atom. The summed E-state index contributed by atoms with van der Waals surface area (Å²) < 4.78 is 54.3. The van der Waals surface area contributed by atoms with Gasteiger partial charge < -0.3 is 5.32 Å². The third kappa shape index (κ3) is 3.65. The van der Waals surface area contributed by atoms with Crippen molar-refractivity contribution in [3.8, 4) is 0 Å². The van der Waals surface area contributed by atoms with Gasteiger partial charge in [0.1, 0.15) is 17.2 Å². The zero-order chi connectivity index (χ0) is 22.3. The molecule has 0 unspecified atom stereocenters. The molecule has 0 radical (unpaired) electrons. The minimum absolute atomic E-state index is 0.216. The van der Waals surface area contributed by atoms with Crippen molar-refractivity contribution in [2.24, 2.45) is 4.99 Å². The summed E-state index contributed by atoms with van der Waals surface area (Å²) in [6, 6.07) is 9.04. The Balaban J connectivity index is 1.86. The van der Waals surface area contributed by atoms with Crippen molar-refractivity contribution < 1.29 is 17.6 Å². The van der Waals surface area contributed by atoms with E-state index in [4.69, 9.17) is 0 Å². The molecule has 0 saturated heterocycles. The minimum Gasteiger partial charge on any atom is -0.354 e. The van der Waals surface area contributed by atoms with Gasteiger partial charge in [-0.1, -0.05) is 12.1 Å². The van der Waals surface area contributed by atoms with Gasteiger partial charge in [-0.05, 0) is 52.7 Å². The van der Waals surface area contributed by atoms with Crippen molar-refractivity contribution in [1.29, 1.82) is 0 Å². The lowest BCUT2D eigenvalue weighted by Crippen LogP contribution is -2.48. The van der Waals surface area contributed by atoms with Gasteiger partial charge in [0.15, 0.2) is 0 Å². The van der Waals surface area contributed by atoms with E-state index in [0.29, 0.717) is 15.7 Å². The van der Waals surface area contributed by atoms with Gasteiger partial charge in [-0.3, -0.25) is 14.4 Å². The smallest absolute Gasteiger partial charge is 0.321 e. The number of alkyl halides is 2. The topological polar surface area (TPSA) is 59.3 Å². The highest BCUT2D eigenvalue weighted by Crippen LogP contribution is 2.39. The van der Waals surface area contributed by atoms with Crippen LogP contribution in [0.25, 0.3) is 0 Å². The number of pyridine rings is 2. The lowest BCUT2D eigenvalue weighted by molar-refractivity contribution is 0.0663. The number of hydrogen-bond acceptors (Lipinski definition) is 4. The molecule has 0 spiro atoms. The largest absolute Gasteiger partial charge is 0.354 e. The molecule has 31 heavy (non-hydrogen) atoms. The summed E-state index contributed by atoms with van der Waals surface area (Å²) in [5.74, 6) is -0.881. The van der Waals surface area contributed by atoms with Crippen LogP contribution < -0.4 is 10.9 Å². The maximum Gasteiger partial charge on any atom is 0.321 e. The fourth-order valence-corrected chi connectivity index (χ4v) is 4.08. The van der Waals surface area contributed by atoms with Crippen LogP contribution in [0.2, 0.25) is 0 Å². The van der Waals surface area contributed by atoms with Crippen molar-refractivity contribution in [3.05, 3.63) is 98.1 Å². The van der Waals surface area contributed by atoms with Crippen LogP contribution in [0.4, 0.5) is 17.6 Å². The summed E-state index contributed by atoms with van der Waals surface area (Å²) in [7, 11) is 0. The standard InChI is InChI=1S/C21H15BrF4N4O/c1-11-21(14-4-6-17(24)27-9-14,13-3-5-16(23)15(22)8-13)29-19(28-11)12-2-7-18(31)30(10-12)20(25)26/h2-11,20H,1H3,(H,28,29)/t11-,21-/m0/s1. The van der Waals surface area contributed by atoms with Gasteiger partial charge in [0.2, 0.25) is 5.95 Å². The second-order valence-electron chi connectivity index (χ2n) is 7.03. The fourth-order valence-electron chi connectivity index (χ4n) is 3.70. The molecule has 0 aliphatic carbocycles. The Kier molecular flexibility index (Phi) is 5.42. The van der Waals surface area contributed by atoms with E-state index in [1.54, 1.807) is 19.1 Å². The Hall–Kier alpha value is -3.01. The van der Waals surface area contributed by atoms with E-state index in [-0.39, 0.29) is 15.9 Å². The van der Waals surface area contributed by atoms with Crippen LogP contribution in [0.5, 0.6) is 0 Å². The Bertz CT molecular complexity index is 1230. The van der Waals surface area contributed by atoms with Gasteiger partial charge in [0.05, 0.1) is 10.5 Å². The van der Waals surface area contributed by atoms with Gasteiger partial charge in [0, 0.05) is 29.6 Å². The molecular weight excluding hydrogens is 480 g/mol. The molecule has 10 heteroatoms. The van der Waals surface area contributed by atoms with Gasteiger partial charge in [-0.2, -0.15) is 13.2 Å². The highest BCUT2D eigenvalue weighted by atomic mass is 79.9. The molecule has 1 aromatic carbocycles. The van der Waals surface area contributed by atoms with Crippen molar-refractivity contribution in [2.75, 3.05) is 0 Å². The minimum atomic E-state index is -3.01. The number of rotatable bonds is 4. The molecule has 4 rings (SSSR count). The predicted octanol–water partition coefficient (Wildman–Crippen LogP) is 4.36. The van der Waals surface area contributed by atoms with E-state index >= 15 is 0 Å². The van der Waals surface area contributed by atoms with E-state index in [1.807, 2.05) is 0 Å². The Morgan fingerprint density at radius 3 is 2.52 bits per heavy atom. The summed E-state index contributed by atoms with van der Waals surface area (Å²) in [5.41, 5.74) is -0.520. The summed E-state index contributed by atoms with van der Waals surface area (Å²) in [4.78, 5) is 20.0. The molecule has 3 aromatic rings. The van der Waals surface area contributed by atoms with Crippen molar-refractivity contribution in [1.82, 2.24) is 14.9 Å². The third-order valence-corrected chi connectivity index (χ3v) is 5.85. The van der Waals surface area contributed by atoms with Crippen LogP contribution in [0.15, 0.2) is 69.1 Å². The average molecular weight is 495 g/mol. The number of aliphatic imine (C=N–C) groups is 1. The molecule has 3 heterocycles. The molecule has 0 bridgehead atoms. The fraction of sp³-hybridized carbons (Fsp3) is 0.190. The molecule has 1 aliphatic rings. The van der Waals surface area contributed by atoms with E-state index < -0.39 is 35.5 Å². The lowest BCUT2D eigenvalue weighted by Gasteiger charge is -2.35. The number of hydrogen-bond donors (Lipinski definition) is 1. The van der Waals surface area contributed by atoms with E-state index in [2.05, 4.69) is 31.2 Å². The van der Waals surface area contributed by atoms with E-state index in [1.165, 1.54) is 30.5 Å². The molecule has 0 fully saturated rings. The van der Waals surface area contributed by atoms with Gasteiger partial charge in [-0.15, -0.1) is 0 Å². The van der Waals surface area contributed by atoms with Crippen molar-refractivity contribution in [3.63, 3.8) is 0 Å². The molecule has 5 nitrogen and oxygen atoms in total. The molecule has 0 amide bonds. The van der Waals surface area contributed by atoms with E-state index in [0.717, 1.165) is 12.3 Å². The van der Waals surface area contributed by atoms with Crippen molar-refractivity contribution >= 4 is 21.8 Å². The molecule has 1 N–H and O–H groups in total. The highest BCUT2D eigenvalue weighted by Gasteiger charge is 2.45. The van der Waals surface area contributed by atoms with Crippen LogP contribution in [-0.2, 0) is 5.54 Å². The van der Waals surface area contributed by atoms with Crippen molar-refractivity contribution in [2.45, 2.75) is 25.1 Å². The third-order valence-electron chi connectivity index (χ3n) is 5.24. The zero-order valence-electron chi connectivity index (χ0n) is 16.0. The number of halogens is 5. The first-order chi connectivity index (χ1) is 14.7. The zero-order valence-corrected chi connectivity index (χ0v) is 17.6. The maximum absolute atomic E-state index is 13.9.